The van der Waals surface area contributed by atoms with Gasteiger partial charge in [-0.2, -0.15) is 0 Å². The van der Waals surface area contributed by atoms with E-state index >= 15 is 0 Å². The number of fused-ring (bicyclic) bond motifs is 1. The molecule has 0 amide bonds. The third-order valence-electron chi connectivity index (χ3n) is 4.21. The number of hydrogen-bond donors (Lipinski definition) is 1. The van der Waals surface area contributed by atoms with E-state index in [-0.39, 0.29) is 0 Å². The van der Waals surface area contributed by atoms with Gasteiger partial charge in [-0.15, -0.1) is 0 Å². The van der Waals surface area contributed by atoms with Crippen LogP contribution >= 0.6 is 0 Å². The largest absolute Gasteiger partial charge is 0.492 e. The average Bonchev–Trinajstić information content (AvgIpc) is 2.48. The molecule has 2 aliphatic rings. The van der Waals surface area contributed by atoms with Crippen molar-refractivity contribution < 1.29 is 4.74 Å². The van der Waals surface area contributed by atoms with E-state index < -0.39 is 0 Å². The van der Waals surface area contributed by atoms with Crippen LogP contribution in [0.15, 0.2) is 18.2 Å². The number of benzene rings is 1. The summed E-state index contributed by atoms with van der Waals surface area (Å²) in [5, 5.41) is 3.37. The molecule has 1 saturated heterocycles. The van der Waals surface area contributed by atoms with E-state index in [1.54, 1.807) is 0 Å². The maximum atomic E-state index is 5.91. The Balaban J connectivity index is 1.49. The van der Waals surface area contributed by atoms with Crippen molar-refractivity contribution in [2.75, 3.05) is 39.3 Å². The van der Waals surface area contributed by atoms with E-state index in [9.17, 15) is 0 Å². The zero-order chi connectivity index (χ0) is 12.9. The Bertz CT molecular complexity index is 413. The highest BCUT2D eigenvalue weighted by molar-refractivity contribution is 5.37. The average molecular weight is 260 g/mol. The minimum Gasteiger partial charge on any atom is -0.492 e. The summed E-state index contributed by atoms with van der Waals surface area (Å²) in [5.41, 5.74) is 3.03. The summed E-state index contributed by atoms with van der Waals surface area (Å²) in [6, 6.07) is 6.66. The Hall–Kier alpha value is -1.06. The van der Waals surface area contributed by atoms with Gasteiger partial charge in [-0.05, 0) is 48.9 Å². The molecule has 1 N–H and O–H groups in total. The van der Waals surface area contributed by atoms with E-state index in [1.165, 1.54) is 36.8 Å². The second kappa shape index (κ2) is 6.40. The fraction of sp³-hybridized carbons (Fsp3) is 0.625. The van der Waals surface area contributed by atoms with Crippen LogP contribution in [0.25, 0.3) is 0 Å². The molecule has 1 fully saturated rings. The number of ether oxygens (including phenoxy) is 1. The Kier molecular flexibility index (Phi) is 4.36. The monoisotopic (exact) mass is 260 g/mol. The molecule has 3 nitrogen and oxygen atoms in total. The van der Waals surface area contributed by atoms with Crippen molar-refractivity contribution in [3.63, 3.8) is 0 Å². The van der Waals surface area contributed by atoms with Crippen molar-refractivity contribution in [2.24, 2.45) is 0 Å². The van der Waals surface area contributed by atoms with Crippen LogP contribution < -0.4 is 10.1 Å². The number of nitrogens with zero attached hydrogens (tertiary/aromatic N) is 1. The molecule has 19 heavy (non-hydrogen) atoms. The van der Waals surface area contributed by atoms with Gasteiger partial charge in [0, 0.05) is 32.7 Å². The van der Waals surface area contributed by atoms with Gasteiger partial charge < -0.3 is 10.1 Å². The highest BCUT2D eigenvalue weighted by atomic mass is 16.5. The number of nitrogens with one attached hydrogen (secondary N) is 1. The second-order valence-electron chi connectivity index (χ2n) is 5.58. The van der Waals surface area contributed by atoms with Crippen LogP contribution in [0.3, 0.4) is 0 Å². The standard InChI is InChI=1S/C16H24N2O/c1-2-4-15-13-16(6-5-14(15)3-1)19-12-11-18-9-7-17-8-10-18/h5-6,13,17H,1-4,7-12H2. The fourth-order valence-corrected chi connectivity index (χ4v) is 3.03. The normalized spacial score (nSPS) is 20.0. The molecule has 0 aromatic heterocycles. The zero-order valence-corrected chi connectivity index (χ0v) is 11.7. The van der Waals surface area contributed by atoms with Crippen molar-refractivity contribution in [3.05, 3.63) is 29.3 Å². The summed E-state index contributed by atoms with van der Waals surface area (Å²) >= 11 is 0. The van der Waals surface area contributed by atoms with Crippen molar-refractivity contribution in [1.82, 2.24) is 10.2 Å². The Morgan fingerprint density at radius 1 is 1.05 bits per heavy atom. The summed E-state index contributed by atoms with van der Waals surface area (Å²) in [6.45, 7) is 6.36. The molecule has 0 unspecified atom stereocenters. The number of rotatable bonds is 4. The Morgan fingerprint density at radius 2 is 1.84 bits per heavy atom. The predicted octanol–water partition coefficient (Wildman–Crippen LogP) is 1.85. The highest BCUT2D eigenvalue weighted by Crippen LogP contribution is 2.25. The topological polar surface area (TPSA) is 24.5 Å². The lowest BCUT2D eigenvalue weighted by atomic mass is 9.92. The third-order valence-corrected chi connectivity index (χ3v) is 4.21. The predicted molar refractivity (Wildman–Crippen MR) is 77.9 cm³/mol. The van der Waals surface area contributed by atoms with Crippen LogP contribution in [0.1, 0.15) is 24.0 Å². The first-order chi connectivity index (χ1) is 9.42. The molecule has 0 saturated carbocycles. The number of piperazine rings is 1. The van der Waals surface area contributed by atoms with Crippen molar-refractivity contribution >= 4 is 0 Å². The zero-order valence-electron chi connectivity index (χ0n) is 11.7. The molecule has 1 aromatic carbocycles. The van der Waals surface area contributed by atoms with Crippen molar-refractivity contribution in [3.8, 4) is 5.75 Å². The Morgan fingerprint density at radius 3 is 2.68 bits per heavy atom. The Labute approximate surface area is 115 Å². The lowest BCUT2D eigenvalue weighted by molar-refractivity contribution is 0.191. The second-order valence-corrected chi connectivity index (χ2v) is 5.58. The smallest absolute Gasteiger partial charge is 0.119 e. The summed E-state index contributed by atoms with van der Waals surface area (Å²) in [6.07, 6.45) is 5.15. The molecule has 3 rings (SSSR count). The SMILES string of the molecule is c1cc2c(cc1OCCN1CCNCC1)CCCC2. The van der Waals surface area contributed by atoms with Crippen molar-refractivity contribution in [1.29, 1.82) is 0 Å². The molecule has 0 radical (unpaired) electrons. The maximum Gasteiger partial charge on any atom is 0.119 e. The molecule has 1 aliphatic heterocycles. The van der Waals surface area contributed by atoms with E-state index in [0.717, 1.165) is 45.1 Å². The minimum atomic E-state index is 0.804. The molecule has 1 heterocycles. The molecular weight excluding hydrogens is 236 g/mol. The van der Waals surface area contributed by atoms with Crippen molar-refractivity contribution in [2.45, 2.75) is 25.7 Å². The molecule has 0 spiro atoms. The quantitative estimate of drug-likeness (QED) is 0.894. The van der Waals surface area contributed by atoms with Gasteiger partial charge in [-0.1, -0.05) is 6.07 Å². The van der Waals surface area contributed by atoms with Gasteiger partial charge in [0.25, 0.3) is 0 Å². The van der Waals surface area contributed by atoms with Gasteiger partial charge >= 0.3 is 0 Å². The summed E-state index contributed by atoms with van der Waals surface area (Å²) in [5.74, 6) is 1.05. The molecule has 1 aliphatic carbocycles. The molecule has 3 heteroatoms. The van der Waals surface area contributed by atoms with Gasteiger partial charge in [0.1, 0.15) is 12.4 Å². The van der Waals surface area contributed by atoms with Gasteiger partial charge in [-0.25, -0.2) is 0 Å². The third kappa shape index (κ3) is 3.48. The van der Waals surface area contributed by atoms with Gasteiger partial charge in [-0.3, -0.25) is 4.90 Å². The number of hydrogen-bond acceptors (Lipinski definition) is 3. The molecule has 0 atom stereocenters. The van der Waals surface area contributed by atoms with E-state index in [0.29, 0.717) is 0 Å². The van der Waals surface area contributed by atoms with E-state index in [4.69, 9.17) is 4.74 Å². The lowest BCUT2D eigenvalue weighted by Gasteiger charge is -2.27. The summed E-state index contributed by atoms with van der Waals surface area (Å²) in [4.78, 5) is 2.47. The number of aryl methyl sites for hydroxylation is 2. The lowest BCUT2D eigenvalue weighted by Crippen LogP contribution is -2.44. The van der Waals surface area contributed by atoms with Crippen LogP contribution in [0, 0.1) is 0 Å². The minimum absolute atomic E-state index is 0.804. The van der Waals surface area contributed by atoms with Gasteiger partial charge in [0.15, 0.2) is 0 Å². The first kappa shape index (κ1) is 12.9. The molecular formula is C16H24N2O. The fourth-order valence-electron chi connectivity index (χ4n) is 3.03. The first-order valence-electron chi connectivity index (χ1n) is 7.59. The van der Waals surface area contributed by atoms with Crippen LogP contribution in [0.5, 0.6) is 5.75 Å². The van der Waals surface area contributed by atoms with Gasteiger partial charge in [0.05, 0.1) is 0 Å². The van der Waals surface area contributed by atoms with Gasteiger partial charge in [0.2, 0.25) is 0 Å². The maximum absolute atomic E-state index is 5.91. The highest BCUT2D eigenvalue weighted by Gasteiger charge is 2.11. The van der Waals surface area contributed by atoms with Crippen LogP contribution in [-0.2, 0) is 12.8 Å². The van der Waals surface area contributed by atoms with Crippen LogP contribution in [-0.4, -0.2) is 44.2 Å². The molecule has 1 aromatic rings. The van der Waals surface area contributed by atoms with E-state index in [1.807, 2.05) is 0 Å². The summed E-state index contributed by atoms with van der Waals surface area (Å²) < 4.78 is 5.91. The first-order valence-corrected chi connectivity index (χ1v) is 7.59. The van der Waals surface area contributed by atoms with Crippen LogP contribution in [0.4, 0.5) is 0 Å². The molecule has 104 valence electrons. The van der Waals surface area contributed by atoms with E-state index in [2.05, 4.69) is 28.4 Å². The van der Waals surface area contributed by atoms with Crippen LogP contribution in [0.2, 0.25) is 0 Å². The summed E-state index contributed by atoms with van der Waals surface area (Å²) in [7, 11) is 0. The molecule has 0 bridgehead atoms.